The number of hydrogen-bond donors (Lipinski definition) is 0. The first kappa shape index (κ1) is 19.7. The third-order valence-corrected chi connectivity index (χ3v) is 5.45. The predicted octanol–water partition coefficient (Wildman–Crippen LogP) is 2.51. The third kappa shape index (κ3) is 4.62. The summed E-state index contributed by atoms with van der Waals surface area (Å²) in [5.41, 5.74) is -0.383. The fourth-order valence-electron chi connectivity index (χ4n) is 3.62. The Kier molecular flexibility index (Phi) is 6.07. The summed E-state index contributed by atoms with van der Waals surface area (Å²) in [5, 5.41) is 0.623. The largest absolute Gasteiger partial charge is 0.481 e. The summed E-state index contributed by atoms with van der Waals surface area (Å²) >= 11 is 5.88. The molecule has 146 valence electrons. The number of amides is 2. The summed E-state index contributed by atoms with van der Waals surface area (Å²) in [6.07, 6.45) is 2.17. The second-order valence-corrected chi connectivity index (χ2v) is 7.47. The van der Waals surface area contributed by atoms with Crippen molar-refractivity contribution in [2.24, 2.45) is 0 Å². The van der Waals surface area contributed by atoms with Crippen molar-refractivity contribution in [3.05, 3.63) is 41.9 Å². The lowest BCUT2D eigenvalue weighted by Crippen LogP contribution is -2.59. The van der Waals surface area contributed by atoms with E-state index in [1.807, 2.05) is 4.90 Å². The van der Waals surface area contributed by atoms with Gasteiger partial charge in [0, 0.05) is 24.7 Å². The van der Waals surface area contributed by atoms with Gasteiger partial charge in [0.15, 0.2) is 6.10 Å². The average Bonchev–Trinajstić information content (AvgIpc) is 2.69. The minimum atomic E-state index is -0.594. The van der Waals surface area contributed by atoms with Crippen molar-refractivity contribution >= 4 is 23.4 Å². The Morgan fingerprint density at radius 1 is 1.22 bits per heavy atom. The van der Waals surface area contributed by atoms with Gasteiger partial charge in [0.05, 0.1) is 18.8 Å². The van der Waals surface area contributed by atoms with Gasteiger partial charge in [-0.1, -0.05) is 18.2 Å². The molecule has 0 saturated carbocycles. The van der Waals surface area contributed by atoms with Gasteiger partial charge in [0.2, 0.25) is 5.91 Å². The molecule has 1 spiro atoms. The number of likely N-dealkylation sites (tertiary alicyclic amines) is 1. The lowest BCUT2D eigenvalue weighted by molar-refractivity contribution is -0.166. The number of ether oxygens (including phenoxy) is 2. The van der Waals surface area contributed by atoms with Gasteiger partial charge in [-0.05, 0) is 50.1 Å². The van der Waals surface area contributed by atoms with Gasteiger partial charge in [-0.25, -0.2) is 0 Å². The Labute approximate surface area is 164 Å². The van der Waals surface area contributed by atoms with Crippen molar-refractivity contribution in [3.63, 3.8) is 0 Å². The van der Waals surface area contributed by atoms with Crippen LogP contribution in [0, 0.1) is 0 Å². The molecule has 1 atom stereocenters. The molecule has 2 aliphatic rings. The zero-order valence-corrected chi connectivity index (χ0v) is 16.3. The molecule has 1 aromatic carbocycles. The highest BCUT2D eigenvalue weighted by Crippen LogP contribution is 2.30. The molecule has 0 bridgehead atoms. The number of halogens is 1. The maximum Gasteiger partial charge on any atom is 0.263 e. The van der Waals surface area contributed by atoms with Crippen LogP contribution in [0.2, 0.25) is 5.02 Å². The fraction of sp³-hybridized carbons (Fsp3) is 0.500. The highest BCUT2D eigenvalue weighted by molar-refractivity contribution is 6.30. The number of benzene rings is 1. The first-order chi connectivity index (χ1) is 12.9. The van der Waals surface area contributed by atoms with Gasteiger partial charge in [-0.2, -0.15) is 0 Å². The number of carbonyl (C=O) groups is 2. The van der Waals surface area contributed by atoms with Crippen LogP contribution in [0.25, 0.3) is 0 Å². The summed E-state index contributed by atoms with van der Waals surface area (Å²) in [4.78, 5) is 28.2. The van der Waals surface area contributed by atoms with E-state index >= 15 is 0 Å². The third-order valence-electron chi connectivity index (χ3n) is 5.20. The Morgan fingerprint density at radius 2 is 1.89 bits per heavy atom. The molecule has 2 saturated heterocycles. The first-order valence-electron chi connectivity index (χ1n) is 9.19. The van der Waals surface area contributed by atoms with Gasteiger partial charge < -0.3 is 19.3 Å². The molecule has 2 amide bonds. The van der Waals surface area contributed by atoms with E-state index < -0.39 is 6.10 Å². The molecular formula is C20H25ClN2O4. The normalized spacial score (nSPS) is 20.2. The summed E-state index contributed by atoms with van der Waals surface area (Å²) in [6.45, 7) is 8.09. The second-order valence-electron chi connectivity index (χ2n) is 7.03. The lowest BCUT2D eigenvalue weighted by atomic mass is 9.89. The molecule has 6 nitrogen and oxygen atoms in total. The quantitative estimate of drug-likeness (QED) is 0.739. The van der Waals surface area contributed by atoms with E-state index in [0.29, 0.717) is 56.4 Å². The van der Waals surface area contributed by atoms with Gasteiger partial charge in [0.25, 0.3) is 5.91 Å². The van der Waals surface area contributed by atoms with E-state index in [9.17, 15) is 9.59 Å². The van der Waals surface area contributed by atoms with E-state index in [4.69, 9.17) is 21.1 Å². The van der Waals surface area contributed by atoms with Gasteiger partial charge in [0.1, 0.15) is 5.75 Å². The number of nitrogens with zero attached hydrogens (tertiary/aromatic N) is 2. The molecule has 2 fully saturated rings. The van der Waals surface area contributed by atoms with Crippen molar-refractivity contribution in [2.45, 2.75) is 31.5 Å². The molecule has 2 heterocycles. The summed E-state index contributed by atoms with van der Waals surface area (Å²) < 4.78 is 11.8. The summed E-state index contributed by atoms with van der Waals surface area (Å²) in [6, 6.07) is 6.96. The Hall–Kier alpha value is -2.05. The number of hydrogen-bond acceptors (Lipinski definition) is 4. The first-order valence-corrected chi connectivity index (χ1v) is 9.56. The van der Waals surface area contributed by atoms with Crippen LogP contribution in [-0.4, -0.2) is 66.1 Å². The molecule has 0 aliphatic carbocycles. The summed E-state index contributed by atoms with van der Waals surface area (Å²) in [7, 11) is 0. The molecule has 2 aliphatic heterocycles. The van der Waals surface area contributed by atoms with Crippen molar-refractivity contribution in [2.75, 3.05) is 32.8 Å². The average molecular weight is 393 g/mol. The molecular weight excluding hydrogens is 368 g/mol. The highest BCUT2D eigenvalue weighted by atomic mass is 35.5. The molecule has 3 rings (SSSR count). The fourth-order valence-corrected chi connectivity index (χ4v) is 3.75. The van der Waals surface area contributed by atoms with E-state index in [0.717, 1.165) is 0 Å². The van der Waals surface area contributed by atoms with Gasteiger partial charge in [-0.15, -0.1) is 0 Å². The van der Waals surface area contributed by atoms with Crippen LogP contribution in [0.3, 0.4) is 0 Å². The predicted molar refractivity (Wildman–Crippen MR) is 103 cm³/mol. The van der Waals surface area contributed by atoms with Crippen LogP contribution in [0.5, 0.6) is 5.75 Å². The monoisotopic (exact) mass is 392 g/mol. The number of carbonyl (C=O) groups excluding carboxylic acids is 2. The standard InChI is InChI=1S/C20H25ClN2O4/c1-3-18(24)22-10-8-20(9-11-22)14-23(12-13-26-20)19(25)15(2)27-17-6-4-16(21)5-7-17/h3-7,15H,1,8-14H2,2H3. The Bertz CT molecular complexity index is 698. The molecule has 0 radical (unpaired) electrons. The zero-order chi connectivity index (χ0) is 19.4. The van der Waals surface area contributed by atoms with Gasteiger partial charge in [-0.3, -0.25) is 9.59 Å². The highest BCUT2D eigenvalue weighted by Gasteiger charge is 2.42. The van der Waals surface area contributed by atoms with Crippen molar-refractivity contribution in [1.29, 1.82) is 0 Å². The Balaban J connectivity index is 1.58. The van der Waals surface area contributed by atoms with Gasteiger partial charge >= 0.3 is 0 Å². The van der Waals surface area contributed by atoms with E-state index in [1.165, 1.54) is 6.08 Å². The zero-order valence-electron chi connectivity index (χ0n) is 15.5. The van der Waals surface area contributed by atoms with E-state index in [2.05, 4.69) is 6.58 Å². The van der Waals surface area contributed by atoms with E-state index in [-0.39, 0.29) is 17.4 Å². The molecule has 0 N–H and O–H groups in total. The van der Waals surface area contributed by atoms with Crippen LogP contribution in [-0.2, 0) is 14.3 Å². The van der Waals surface area contributed by atoms with Crippen LogP contribution < -0.4 is 4.74 Å². The van der Waals surface area contributed by atoms with Crippen LogP contribution in [0.1, 0.15) is 19.8 Å². The van der Waals surface area contributed by atoms with Crippen molar-refractivity contribution in [1.82, 2.24) is 9.80 Å². The summed E-state index contributed by atoms with van der Waals surface area (Å²) in [5.74, 6) is 0.496. The number of rotatable bonds is 4. The SMILES string of the molecule is C=CC(=O)N1CCC2(CC1)CN(C(=O)C(C)Oc1ccc(Cl)cc1)CCO2. The number of piperidine rings is 1. The minimum absolute atomic E-state index is 0.0569. The topological polar surface area (TPSA) is 59.1 Å². The van der Waals surface area contributed by atoms with Crippen molar-refractivity contribution < 1.29 is 19.1 Å². The number of morpholine rings is 1. The lowest BCUT2D eigenvalue weighted by Gasteiger charge is -2.47. The van der Waals surface area contributed by atoms with Crippen LogP contribution in [0.15, 0.2) is 36.9 Å². The Morgan fingerprint density at radius 3 is 2.52 bits per heavy atom. The maximum atomic E-state index is 12.9. The minimum Gasteiger partial charge on any atom is -0.481 e. The molecule has 27 heavy (non-hydrogen) atoms. The maximum absolute atomic E-state index is 12.9. The second kappa shape index (κ2) is 8.31. The smallest absolute Gasteiger partial charge is 0.263 e. The molecule has 0 aromatic heterocycles. The molecule has 1 unspecified atom stereocenters. The molecule has 1 aromatic rings. The van der Waals surface area contributed by atoms with Crippen molar-refractivity contribution in [3.8, 4) is 5.75 Å². The van der Waals surface area contributed by atoms with E-state index in [1.54, 1.807) is 36.1 Å². The van der Waals surface area contributed by atoms with Crippen LogP contribution >= 0.6 is 11.6 Å². The molecule has 7 heteroatoms. The van der Waals surface area contributed by atoms with Crippen LogP contribution in [0.4, 0.5) is 0 Å².